The minimum atomic E-state index is -0.216. The number of aliphatic hydroxyl groups is 1. The Morgan fingerprint density at radius 3 is 2.59 bits per heavy atom. The molecule has 0 saturated carbocycles. The van der Waals surface area contributed by atoms with Crippen molar-refractivity contribution >= 4 is 23.4 Å². The van der Waals surface area contributed by atoms with Crippen LogP contribution in [0.4, 0.5) is 5.69 Å². The van der Waals surface area contributed by atoms with Crippen LogP contribution in [0.1, 0.15) is 19.4 Å². The lowest BCUT2D eigenvalue weighted by Crippen LogP contribution is -2.25. The van der Waals surface area contributed by atoms with E-state index < -0.39 is 0 Å². The van der Waals surface area contributed by atoms with E-state index in [4.69, 9.17) is 5.11 Å². The highest BCUT2D eigenvalue weighted by atomic mass is 32.2. The number of carbonyl (C=O) groups is 1. The zero-order valence-corrected chi connectivity index (χ0v) is 17.0. The van der Waals surface area contributed by atoms with Gasteiger partial charge in [0.05, 0.1) is 11.9 Å². The van der Waals surface area contributed by atoms with Crippen molar-refractivity contribution < 1.29 is 9.90 Å². The number of benzene rings is 2. The minimum absolute atomic E-state index is 0.0187. The van der Waals surface area contributed by atoms with Gasteiger partial charge in [0.25, 0.3) is 0 Å². The molecule has 0 heterocycles. The number of rotatable bonds is 9. The number of hydrogen-bond donors (Lipinski definition) is 3. The molecule has 0 bridgehead atoms. The van der Waals surface area contributed by atoms with E-state index in [0.717, 1.165) is 27.3 Å². The summed E-state index contributed by atoms with van der Waals surface area (Å²) < 4.78 is 0. The third-order valence-electron chi connectivity index (χ3n) is 4.28. The normalized spacial score (nSPS) is 12.7. The second kappa shape index (κ2) is 10.9. The average Bonchev–Trinajstić information content (AvgIpc) is 2.69. The van der Waals surface area contributed by atoms with Crippen LogP contribution in [0.15, 0.2) is 59.5 Å². The molecule has 2 aromatic rings. The van der Waals surface area contributed by atoms with Gasteiger partial charge in [0.2, 0.25) is 5.91 Å². The van der Waals surface area contributed by atoms with Gasteiger partial charge in [-0.3, -0.25) is 4.79 Å². The third-order valence-corrected chi connectivity index (χ3v) is 5.53. The summed E-state index contributed by atoms with van der Waals surface area (Å²) in [5.41, 5.74) is 4.16. The lowest BCUT2D eigenvalue weighted by atomic mass is 9.99. The van der Waals surface area contributed by atoms with Crippen molar-refractivity contribution in [3.63, 3.8) is 0 Å². The van der Waals surface area contributed by atoms with Crippen molar-refractivity contribution in [2.24, 2.45) is 0 Å². The van der Waals surface area contributed by atoms with E-state index in [0.29, 0.717) is 13.1 Å². The number of nitrogens with one attached hydrogen (secondary N) is 2. The van der Waals surface area contributed by atoms with Crippen LogP contribution in [0.3, 0.4) is 0 Å². The van der Waals surface area contributed by atoms with E-state index in [9.17, 15) is 4.79 Å². The van der Waals surface area contributed by atoms with Gasteiger partial charge in [-0.2, -0.15) is 0 Å². The Morgan fingerprint density at radius 1 is 1.19 bits per heavy atom. The average molecular weight is 385 g/mol. The number of hydrogen-bond acceptors (Lipinski definition) is 4. The first-order valence-corrected chi connectivity index (χ1v) is 10.0. The van der Waals surface area contributed by atoms with Gasteiger partial charge in [0, 0.05) is 18.8 Å². The molecule has 0 spiro atoms. The maximum atomic E-state index is 12.7. The number of allylic oxidation sites excluding steroid dienone is 1. The fourth-order valence-electron chi connectivity index (χ4n) is 2.72. The zero-order chi connectivity index (χ0) is 19.6. The van der Waals surface area contributed by atoms with Crippen LogP contribution in [0.25, 0.3) is 11.1 Å². The smallest absolute Gasteiger partial charge is 0.237 e. The van der Waals surface area contributed by atoms with Crippen molar-refractivity contribution in [1.29, 1.82) is 0 Å². The second-order valence-corrected chi connectivity index (χ2v) is 7.72. The third kappa shape index (κ3) is 6.24. The van der Waals surface area contributed by atoms with Crippen molar-refractivity contribution in [2.75, 3.05) is 25.0 Å². The molecule has 144 valence electrons. The van der Waals surface area contributed by atoms with Gasteiger partial charge < -0.3 is 15.7 Å². The van der Waals surface area contributed by atoms with Crippen molar-refractivity contribution in [1.82, 2.24) is 5.32 Å². The summed E-state index contributed by atoms with van der Waals surface area (Å²) in [6, 6.07) is 16.2. The van der Waals surface area contributed by atoms with Crippen molar-refractivity contribution in [3.05, 3.63) is 65.1 Å². The molecule has 1 amide bonds. The molecule has 3 N–H and O–H groups in total. The van der Waals surface area contributed by atoms with E-state index in [1.807, 2.05) is 57.2 Å². The van der Waals surface area contributed by atoms with E-state index >= 15 is 0 Å². The monoisotopic (exact) mass is 384 g/mol. The van der Waals surface area contributed by atoms with Crippen LogP contribution < -0.4 is 10.6 Å². The zero-order valence-electron chi connectivity index (χ0n) is 16.2. The molecular formula is C22H28N2O2S. The molecule has 0 aliphatic carbocycles. The molecule has 0 fully saturated rings. The molecule has 0 radical (unpaired) electrons. The highest BCUT2D eigenvalue weighted by molar-refractivity contribution is 8.04. The quantitative estimate of drug-likeness (QED) is 0.567. The van der Waals surface area contributed by atoms with Crippen LogP contribution in [0.2, 0.25) is 0 Å². The number of thioether (sulfide) groups is 1. The van der Waals surface area contributed by atoms with Gasteiger partial charge in [-0.05, 0) is 48.4 Å². The number of anilines is 1. The van der Waals surface area contributed by atoms with E-state index in [-0.39, 0.29) is 17.8 Å². The molecule has 5 heteroatoms. The fraction of sp³-hybridized carbons (Fsp3) is 0.318. The van der Waals surface area contributed by atoms with Gasteiger partial charge in [-0.15, -0.1) is 11.8 Å². The first-order valence-electron chi connectivity index (χ1n) is 9.16. The summed E-state index contributed by atoms with van der Waals surface area (Å²) >= 11 is 1.53. The van der Waals surface area contributed by atoms with Gasteiger partial charge in [0.15, 0.2) is 0 Å². The Labute approximate surface area is 166 Å². The van der Waals surface area contributed by atoms with Gasteiger partial charge in [-0.1, -0.05) is 48.5 Å². The maximum Gasteiger partial charge on any atom is 0.237 e. The molecule has 4 nitrogen and oxygen atoms in total. The Kier molecular flexibility index (Phi) is 8.58. The Morgan fingerprint density at radius 2 is 1.93 bits per heavy atom. The number of amides is 1. The predicted octanol–water partition coefficient (Wildman–Crippen LogP) is 4.21. The lowest BCUT2D eigenvalue weighted by molar-refractivity contribution is -0.115. The van der Waals surface area contributed by atoms with Gasteiger partial charge in [0.1, 0.15) is 0 Å². The highest BCUT2D eigenvalue weighted by Gasteiger charge is 2.17. The molecular weight excluding hydrogens is 356 g/mol. The highest BCUT2D eigenvalue weighted by Crippen LogP contribution is 2.29. The summed E-state index contributed by atoms with van der Waals surface area (Å²) in [5.74, 6) is -0.0187. The Balaban J connectivity index is 2.05. The first kappa shape index (κ1) is 21.2. The largest absolute Gasteiger partial charge is 0.395 e. The van der Waals surface area contributed by atoms with Gasteiger partial charge >= 0.3 is 0 Å². The molecule has 2 rings (SSSR count). The van der Waals surface area contributed by atoms with E-state index in [1.54, 1.807) is 0 Å². The summed E-state index contributed by atoms with van der Waals surface area (Å²) in [6.45, 7) is 7.21. The standard InChI is InChI=1S/C22H28N2O2S/c1-4-19(15-23-13-14-25)27-17(3)22(26)24-21-12-8-11-20(16(21)2)18-9-6-5-7-10-18/h4-12,17,23,25H,13-15H2,1-3H3,(H,24,26)/b19-4-. The Bertz CT molecular complexity index is 775. The topological polar surface area (TPSA) is 61.4 Å². The molecule has 0 saturated heterocycles. The first-order chi connectivity index (χ1) is 13.1. The van der Waals surface area contributed by atoms with E-state index in [2.05, 4.69) is 28.8 Å². The maximum absolute atomic E-state index is 12.7. The molecule has 0 aliphatic heterocycles. The Hall–Kier alpha value is -2.08. The molecule has 1 atom stereocenters. The van der Waals surface area contributed by atoms with Crippen LogP contribution in [0.5, 0.6) is 0 Å². The molecule has 0 aliphatic rings. The molecule has 27 heavy (non-hydrogen) atoms. The molecule has 2 aromatic carbocycles. The number of carbonyl (C=O) groups excluding carboxylic acids is 1. The van der Waals surface area contributed by atoms with Crippen LogP contribution in [-0.2, 0) is 4.79 Å². The second-order valence-electron chi connectivity index (χ2n) is 6.25. The van der Waals surface area contributed by atoms with Crippen LogP contribution in [-0.4, -0.2) is 36.0 Å². The molecule has 1 unspecified atom stereocenters. The fourth-order valence-corrected chi connectivity index (χ4v) is 3.66. The van der Waals surface area contributed by atoms with Crippen LogP contribution >= 0.6 is 11.8 Å². The van der Waals surface area contributed by atoms with Crippen molar-refractivity contribution in [2.45, 2.75) is 26.0 Å². The number of aliphatic hydroxyl groups excluding tert-OH is 1. The summed E-state index contributed by atoms with van der Waals surface area (Å²) in [7, 11) is 0. The minimum Gasteiger partial charge on any atom is -0.395 e. The lowest BCUT2D eigenvalue weighted by Gasteiger charge is -2.17. The van der Waals surface area contributed by atoms with Crippen LogP contribution in [0, 0.1) is 6.92 Å². The molecule has 0 aromatic heterocycles. The SMILES string of the molecule is C/C=C(/CNCCO)SC(C)C(=O)Nc1cccc(-c2ccccc2)c1C. The summed E-state index contributed by atoms with van der Waals surface area (Å²) in [5, 5.41) is 14.9. The summed E-state index contributed by atoms with van der Waals surface area (Å²) in [4.78, 5) is 13.8. The van der Waals surface area contributed by atoms with Crippen molar-refractivity contribution in [3.8, 4) is 11.1 Å². The summed E-state index contributed by atoms with van der Waals surface area (Å²) in [6.07, 6.45) is 2.00. The van der Waals surface area contributed by atoms with E-state index in [1.165, 1.54) is 11.8 Å². The van der Waals surface area contributed by atoms with Gasteiger partial charge in [-0.25, -0.2) is 0 Å². The predicted molar refractivity (Wildman–Crippen MR) is 116 cm³/mol.